The Labute approximate surface area is 131 Å². The SMILES string of the molecule is O=C(Cc1ccccc1[N+](=O)[O-])NC(C(=O)O)c1ccccc1. The molecule has 1 atom stereocenters. The van der Waals surface area contributed by atoms with E-state index in [2.05, 4.69) is 5.32 Å². The predicted octanol–water partition coefficient (Wildman–Crippen LogP) is 2.08. The molecule has 7 heteroatoms. The first kappa shape index (κ1) is 16.2. The molecule has 0 aromatic heterocycles. The van der Waals surface area contributed by atoms with Crippen molar-refractivity contribution in [2.75, 3.05) is 0 Å². The van der Waals surface area contributed by atoms with Gasteiger partial charge in [0.25, 0.3) is 5.69 Å². The first-order valence-electron chi connectivity index (χ1n) is 6.78. The van der Waals surface area contributed by atoms with Gasteiger partial charge < -0.3 is 10.4 Å². The molecule has 1 amide bonds. The van der Waals surface area contributed by atoms with Crippen LogP contribution in [0.5, 0.6) is 0 Å². The quantitative estimate of drug-likeness (QED) is 0.626. The number of nitrogens with zero attached hydrogens (tertiary/aromatic N) is 1. The number of carboxylic acid groups (broad SMARTS) is 1. The molecular formula is C16H14N2O5. The Morgan fingerprint density at radius 2 is 1.70 bits per heavy atom. The van der Waals surface area contributed by atoms with E-state index in [1.54, 1.807) is 36.4 Å². The number of para-hydroxylation sites is 1. The van der Waals surface area contributed by atoms with Crippen LogP contribution >= 0.6 is 0 Å². The fraction of sp³-hybridized carbons (Fsp3) is 0.125. The molecule has 0 aliphatic heterocycles. The summed E-state index contributed by atoms with van der Waals surface area (Å²) in [6.45, 7) is 0. The van der Waals surface area contributed by atoms with Gasteiger partial charge in [-0.1, -0.05) is 48.5 Å². The van der Waals surface area contributed by atoms with Gasteiger partial charge in [0.2, 0.25) is 5.91 Å². The van der Waals surface area contributed by atoms with Crippen LogP contribution < -0.4 is 5.32 Å². The predicted molar refractivity (Wildman–Crippen MR) is 81.8 cm³/mol. The lowest BCUT2D eigenvalue weighted by Gasteiger charge is -2.15. The lowest BCUT2D eigenvalue weighted by atomic mass is 10.1. The summed E-state index contributed by atoms with van der Waals surface area (Å²) in [6, 6.07) is 12.9. The van der Waals surface area contributed by atoms with E-state index in [1.807, 2.05) is 0 Å². The van der Waals surface area contributed by atoms with Crippen LogP contribution in [0.2, 0.25) is 0 Å². The Hall–Kier alpha value is -3.22. The van der Waals surface area contributed by atoms with Crippen molar-refractivity contribution in [3.63, 3.8) is 0 Å². The maximum atomic E-state index is 12.1. The van der Waals surface area contributed by atoms with Crippen molar-refractivity contribution in [1.82, 2.24) is 5.32 Å². The molecule has 0 spiro atoms. The number of carbonyl (C=O) groups is 2. The van der Waals surface area contributed by atoms with Crippen molar-refractivity contribution >= 4 is 17.6 Å². The molecule has 23 heavy (non-hydrogen) atoms. The molecule has 0 saturated carbocycles. The third-order valence-electron chi connectivity index (χ3n) is 3.22. The molecule has 0 fully saturated rings. The molecule has 1 unspecified atom stereocenters. The zero-order chi connectivity index (χ0) is 16.8. The molecule has 0 radical (unpaired) electrons. The number of hydrogen-bond donors (Lipinski definition) is 2. The molecule has 2 aromatic carbocycles. The number of rotatable bonds is 6. The van der Waals surface area contributed by atoms with E-state index in [0.29, 0.717) is 5.56 Å². The van der Waals surface area contributed by atoms with E-state index in [9.17, 15) is 24.8 Å². The van der Waals surface area contributed by atoms with Gasteiger partial charge in [0.1, 0.15) is 0 Å². The molecule has 0 aliphatic rings. The minimum absolute atomic E-state index is 0.172. The first-order valence-corrected chi connectivity index (χ1v) is 6.78. The fourth-order valence-electron chi connectivity index (χ4n) is 2.16. The molecule has 2 aromatic rings. The Morgan fingerprint density at radius 3 is 2.30 bits per heavy atom. The van der Waals surface area contributed by atoms with Crippen LogP contribution in [0.1, 0.15) is 17.2 Å². The number of carbonyl (C=O) groups excluding carboxylic acids is 1. The van der Waals surface area contributed by atoms with Gasteiger partial charge in [-0.15, -0.1) is 0 Å². The second kappa shape index (κ2) is 7.17. The lowest BCUT2D eigenvalue weighted by Crippen LogP contribution is -2.34. The molecule has 118 valence electrons. The number of nitro benzene ring substituents is 1. The van der Waals surface area contributed by atoms with Crippen molar-refractivity contribution in [3.05, 3.63) is 75.8 Å². The third-order valence-corrected chi connectivity index (χ3v) is 3.22. The molecule has 0 saturated heterocycles. The summed E-state index contributed by atoms with van der Waals surface area (Å²) in [6.07, 6.45) is -0.270. The zero-order valence-corrected chi connectivity index (χ0v) is 12.0. The molecule has 7 nitrogen and oxygen atoms in total. The summed E-state index contributed by atoms with van der Waals surface area (Å²) in [7, 11) is 0. The highest BCUT2D eigenvalue weighted by Gasteiger charge is 2.23. The van der Waals surface area contributed by atoms with Crippen LogP contribution in [-0.2, 0) is 16.0 Å². The summed E-state index contributed by atoms with van der Waals surface area (Å²) >= 11 is 0. The van der Waals surface area contributed by atoms with Gasteiger partial charge in [-0.05, 0) is 5.56 Å². The van der Waals surface area contributed by atoms with Crippen molar-refractivity contribution < 1.29 is 19.6 Å². The first-order chi connectivity index (χ1) is 11.0. The zero-order valence-electron chi connectivity index (χ0n) is 12.0. The van der Waals surface area contributed by atoms with E-state index in [-0.39, 0.29) is 17.7 Å². The Kier molecular flexibility index (Phi) is 5.03. The molecule has 0 heterocycles. The average Bonchev–Trinajstić information content (AvgIpc) is 2.53. The molecule has 0 aliphatic carbocycles. The third kappa shape index (κ3) is 4.13. The maximum absolute atomic E-state index is 12.1. The Balaban J connectivity index is 2.15. The minimum Gasteiger partial charge on any atom is -0.479 e. The summed E-state index contributed by atoms with van der Waals surface area (Å²) in [5, 5.41) is 22.6. The van der Waals surface area contributed by atoms with Crippen molar-refractivity contribution in [3.8, 4) is 0 Å². The highest BCUT2D eigenvalue weighted by molar-refractivity contribution is 5.86. The van der Waals surface area contributed by atoms with Crippen LogP contribution in [0.4, 0.5) is 5.69 Å². The number of nitrogens with one attached hydrogen (secondary N) is 1. The summed E-state index contributed by atoms with van der Waals surface area (Å²) in [5.74, 6) is -1.80. The average molecular weight is 314 g/mol. The van der Waals surface area contributed by atoms with E-state index in [1.165, 1.54) is 18.2 Å². The Bertz CT molecular complexity index is 730. The molecule has 0 bridgehead atoms. The van der Waals surface area contributed by atoms with Gasteiger partial charge in [0.05, 0.1) is 11.3 Å². The number of aliphatic carboxylic acids is 1. The van der Waals surface area contributed by atoms with Crippen molar-refractivity contribution in [2.24, 2.45) is 0 Å². The van der Waals surface area contributed by atoms with Crippen LogP contribution in [0, 0.1) is 10.1 Å². The monoisotopic (exact) mass is 314 g/mol. The topological polar surface area (TPSA) is 110 Å². The lowest BCUT2D eigenvalue weighted by molar-refractivity contribution is -0.385. The largest absolute Gasteiger partial charge is 0.479 e. The number of nitro groups is 1. The fourth-order valence-corrected chi connectivity index (χ4v) is 2.16. The molecular weight excluding hydrogens is 300 g/mol. The number of carboxylic acids is 1. The van der Waals surface area contributed by atoms with Gasteiger partial charge in [-0.2, -0.15) is 0 Å². The highest BCUT2D eigenvalue weighted by Crippen LogP contribution is 2.19. The van der Waals surface area contributed by atoms with Crippen LogP contribution in [0.15, 0.2) is 54.6 Å². The molecule has 2 rings (SSSR count). The van der Waals surface area contributed by atoms with Gasteiger partial charge in [0, 0.05) is 11.6 Å². The van der Waals surface area contributed by atoms with Gasteiger partial charge in [0.15, 0.2) is 6.04 Å². The summed E-state index contributed by atoms with van der Waals surface area (Å²) < 4.78 is 0. The smallest absolute Gasteiger partial charge is 0.330 e. The van der Waals surface area contributed by atoms with Gasteiger partial charge in [-0.3, -0.25) is 14.9 Å². The van der Waals surface area contributed by atoms with Crippen LogP contribution in [0.3, 0.4) is 0 Å². The second-order valence-electron chi connectivity index (χ2n) is 4.81. The van der Waals surface area contributed by atoms with E-state index in [4.69, 9.17) is 0 Å². The number of amides is 1. The normalized spacial score (nSPS) is 11.5. The van der Waals surface area contributed by atoms with E-state index >= 15 is 0 Å². The van der Waals surface area contributed by atoms with Gasteiger partial charge in [-0.25, -0.2) is 4.79 Å². The minimum atomic E-state index is -1.20. The van der Waals surface area contributed by atoms with E-state index < -0.39 is 22.8 Å². The Morgan fingerprint density at radius 1 is 1.09 bits per heavy atom. The summed E-state index contributed by atoms with van der Waals surface area (Å²) in [4.78, 5) is 33.8. The van der Waals surface area contributed by atoms with Crippen molar-refractivity contribution in [2.45, 2.75) is 12.5 Å². The molecule has 2 N–H and O–H groups in total. The van der Waals surface area contributed by atoms with Crippen LogP contribution in [-0.4, -0.2) is 21.9 Å². The number of hydrogen-bond acceptors (Lipinski definition) is 4. The summed E-state index contributed by atoms with van der Waals surface area (Å²) in [5.41, 5.74) is 0.484. The maximum Gasteiger partial charge on any atom is 0.330 e. The van der Waals surface area contributed by atoms with E-state index in [0.717, 1.165) is 0 Å². The highest BCUT2D eigenvalue weighted by atomic mass is 16.6. The van der Waals surface area contributed by atoms with Crippen LogP contribution in [0.25, 0.3) is 0 Å². The second-order valence-corrected chi connectivity index (χ2v) is 4.81. The standard InChI is InChI=1S/C16H14N2O5/c19-14(10-12-8-4-5-9-13(12)18(22)23)17-15(16(20)21)11-6-2-1-3-7-11/h1-9,15H,10H2,(H,17,19)(H,20,21). The van der Waals surface area contributed by atoms with Crippen molar-refractivity contribution in [1.29, 1.82) is 0 Å². The van der Waals surface area contributed by atoms with Gasteiger partial charge >= 0.3 is 5.97 Å². The number of benzene rings is 2.